The van der Waals surface area contributed by atoms with E-state index in [1.54, 1.807) is 0 Å². The Kier molecular flexibility index (Phi) is 6.20. The fourth-order valence-electron chi connectivity index (χ4n) is 1.92. The van der Waals surface area contributed by atoms with Crippen molar-refractivity contribution in [1.29, 1.82) is 0 Å². The van der Waals surface area contributed by atoms with Crippen molar-refractivity contribution >= 4 is 0 Å². The van der Waals surface area contributed by atoms with Gasteiger partial charge >= 0.3 is 0 Å². The molecular formula is C12H26N2. The van der Waals surface area contributed by atoms with Crippen LogP contribution in [0.15, 0.2) is 0 Å². The highest BCUT2D eigenvalue weighted by atomic mass is 15.1. The van der Waals surface area contributed by atoms with Gasteiger partial charge in [0.25, 0.3) is 0 Å². The van der Waals surface area contributed by atoms with Crippen molar-refractivity contribution in [2.24, 2.45) is 0 Å². The summed E-state index contributed by atoms with van der Waals surface area (Å²) in [5, 5.41) is 3.45. The molecule has 0 aromatic rings. The van der Waals surface area contributed by atoms with Gasteiger partial charge < -0.3 is 10.2 Å². The smallest absolute Gasteiger partial charge is 0.00922 e. The highest BCUT2D eigenvalue weighted by molar-refractivity contribution is 4.77. The average Bonchev–Trinajstić information content (AvgIpc) is 2.08. The van der Waals surface area contributed by atoms with Crippen molar-refractivity contribution in [1.82, 2.24) is 10.2 Å². The maximum absolute atomic E-state index is 3.45. The van der Waals surface area contributed by atoms with E-state index < -0.39 is 0 Å². The second-order valence-corrected chi connectivity index (χ2v) is 4.52. The molecule has 1 aliphatic carbocycles. The Hall–Kier alpha value is -0.0800. The highest BCUT2D eigenvalue weighted by Gasteiger charge is 2.20. The molecule has 0 spiro atoms. The lowest BCUT2D eigenvalue weighted by Crippen LogP contribution is -2.37. The largest absolute Gasteiger partial charge is 0.317 e. The summed E-state index contributed by atoms with van der Waals surface area (Å²) in [6, 6.07) is 0.915. The van der Waals surface area contributed by atoms with E-state index in [1.807, 2.05) is 0 Å². The van der Waals surface area contributed by atoms with Gasteiger partial charge in [-0.25, -0.2) is 0 Å². The van der Waals surface area contributed by atoms with Crippen molar-refractivity contribution < 1.29 is 0 Å². The summed E-state index contributed by atoms with van der Waals surface area (Å²) < 4.78 is 0. The molecule has 2 heteroatoms. The quantitative estimate of drug-likeness (QED) is 0.602. The fraction of sp³-hybridized carbons (Fsp3) is 1.00. The lowest BCUT2D eigenvalue weighted by atomic mass is 9.92. The van der Waals surface area contributed by atoms with Crippen LogP contribution in [-0.2, 0) is 0 Å². The molecular weight excluding hydrogens is 172 g/mol. The van der Waals surface area contributed by atoms with Gasteiger partial charge in [0.1, 0.15) is 0 Å². The van der Waals surface area contributed by atoms with Gasteiger partial charge in [-0.2, -0.15) is 0 Å². The lowest BCUT2D eigenvalue weighted by Gasteiger charge is -2.34. The summed E-state index contributed by atoms with van der Waals surface area (Å²) in [6.45, 7) is 5.89. The molecule has 1 N–H and O–H groups in total. The fourth-order valence-corrected chi connectivity index (χ4v) is 1.92. The average molecular weight is 198 g/mol. The second kappa shape index (κ2) is 7.24. The van der Waals surface area contributed by atoms with Crippen LogP contribution in [0.25, 0.3) is 0 Å². The molecule has 0 unspecified atom stereocenters. The first-order valence-electron chi connectivity index (χ1n) is 6.25. The molecule has 84 valence electrons. The molecule has 0 aliphatic heterocycles. The van der Waals surface area contributed by atoms with E-state index in [0.717, 1.165) is 6.04 Å². The van der Waals surface area contributed by atoms with Gasteiger partial charge in [-0.1, -0.05) is 13.3 Å². The van der Waals surface area contributed by atoms with Crippen LogP contribution in [0, 0.1) is 0 Å². The van der Waals surface area contributed by atoms with Crippen molar-refractivity contribution in [3.8, 4) is 0 Å². The van der Waals surface area contributed by atoms with E-state index in [0.29, 0.717) is 0 Å². The van der Waals surface area contributed by atoms with E-state index in [1.165, 1.54) is 58.2 Å². The first-order valence-corrected chi connectivity index (χ1v) is 6.25. The van der Waals surface area contributed by atoms with Gasteiger partial charge in [-0.15, -0.1) is 0 Å². The molecule has 0 heterocycles. The highest BCUT2D eigenvalue weighted by Crippen LogP contribution is 2.23. The molecule has 0 saturated heterocycles. The summed E-state index contributed by atoms with van der Waals surface area (Å²) in [7, 11) is 2.28. The molecule has 2 nitrogen and oxygen atoms in total. The summed E-state index contributed by atoms with van der Waals surface area (Å²) in [6.07, 6.45) is 8.25. The molecule has 0 aromatic heterocycles. The monoisotopic (exact) mass is 198 g/mol. The van der Waals surface area contributed by atoms with Crippen molar-refractivity contribution in [2.45, 2.75) is 51.5 Å². The number of hydrogen-bond acceptors (Lipinski definition) is 2. The molecule has 0 bridgehead atoms. The Balaban J connectivity index is 1.82. The van der Waals surface area contributed by atoms with Gasteiger partial charge in [-0.3, -0.25) is 0 Å². The van der Waals surface area contributed by atoms with Crippen molar-refractivity contribution in [2.75, 3.05) is 26.7 Å². The minimum Gasteiger partial charge on any atom is -0.317 e. The minimum atomic E-state index is 0.915. The van der Waals surface area contributed by atoms with E-state index in [-0.39, 0.29) is 0 Å². The molecule has 14 heavy (non-hydrogen) atoms. The lowest BCUT2D eigenvalue weighted by molar-refractivity contribution is 0.157. The van der Waals surface area contributed by atoms with Crippen LogP contribution in [-0.4, -0.2) is 37.6 Å². The minimum absolute atomic E-state index is 0.915. The number of hydrogen-bond donors (Lipinski definition) is 1. The van der Waals surface area contributed by atoms with Gasteiger partial charge in [0.2, 0.25) is 0 Å². The molecule has 1 saturated carbocycles. The summed E-state index contributed by atoms with van der Waals surface area (Å²) in [5.74, 6) is 0. The van der Waals surface area contributed by atoms with Crippen LogP contribution in [0.5, 0.6) is 0 Å². The first-order chi connectivity index (χ1) is 6.84. The normalized spacial score (nSPS) is 17.4. The number of nitrogens with zero attached hydrogens (tertiary/aromatic N) is 1. The van der Waals surface area contributed by atoms with Gasteiger partial charge in [-0.05, 0) is 58.8 Å². The van der Waals surface area contributed by atoms with Gasteiger partial charge in [0.15, 0.2) is 0 Å². The second-order valence-electron chi connectivity index (χ2n) is 4.52. The van der Waals surface area contributed by atoms with Crippen LogP contribution in [0.4, 0.5) is 0 Å². The third-order valence-corrected chi connectivity index (χ3v) is 3.24. The van der Waals surface area contributed by atoms with Crippen molar-refractivity contribution in [3.05, 3.63) is 0 Å². The Morgan fingerprint density at radius 2 is 2.00 bits per heavy atom. The van der Waals surface area contributed by atoms with Crippen LogP contribution in [0.2, 0.25) is 0 Å². The number of unbranched alkanes of at least 4 members (excludes halogenated alkanes) is 1. The van der Waals surface area contributed by atoms with Crippen LogP contribution in [0.3, 0.4) is 0 Å². The van der Waals surface area contributed by atoms with Gasteiger partial charge in [0.05, 0.1) is 0 Å². The summed E-state index contributed by atoms with van der Waals surface area (Å²) >= 11 is 0. The van der Waals surface area contributed by atoms with E-state index >= 15 is 0 Å². The van der Waals surface area contributed by atoms with E-state index in [9.17, 15) is 0 Å². The van der Waals surface area contributed by atoms with E-state index in [4.69, 9.17) is 0 Å². The SMILES string of the molecule is CCCNCCCCN(C)C1CCC1. The van der Waals surface area contributed by atoms with Crippen molar-refractivity contribution in [3.63, 3.8) is 0 Å². The van der Waals surface area contributed by atoms with Crippen LogP contribution >= 0.6 is 0 Å². The maximum atomic E-state index is 3.45. The molecule has 0 radical (unpaired) electrons. The zero-order chi connectivity index (χ0) is 10.2. The molecule has 1 fully saturated rings. The molecule has 0 atom stereocenters. The van der Waals surface area contributed by atoms with Crippen LogP contribution in [0.1, 0.15) is 45.4 Å². The molecule has 0 amide bonds. The number of rotatable bonds is 8. The Labute approximate surface area is 89.1 Å². The molecule has 0 aromatic carbocycles. The van der Waals surface area contributed by atoms with E-state index in [2.05, 4.69) is 24.2 Å². The zero-order valence-electron chi connectivity index (χ0n) is 9.89. The topological polar surface area (TPSA) is 15.3 Å². The number of nitrogens with one attached hydrogen (secondary N) is 1. The maximum Gasteiger partial charge on any atom is 0.00922 e. The summed E-state index contributed by atoms with van der Waals surface area (Å²) in [4.78, 5) is 2.54. The first kappa shape index (κ1) is 12.0. The standard InChI is InChI=1S/C12H26N2/c1-3-9-13-10-4-5-11-14(2)12-7-6-8-12/h12-13H,3-11H2,1-2H3. The Bertz CT molecular complexity index is 132. The summed E-state index contributed by atoms with van der Waals surface area (Å²) in [5.41, 5.74) is 0. The zero-order valence-corrected chi connectivity index (χ0v) is 9.89. The predicted molar refractivity (Wildman–Crippen MR) is 62.7 cm³/mol. The predicted octanol–water partition coefficient (Wildman–Crippen LogP) is 2.25. The van der Waals surface area contributed by atoms with Crippen LogP contribution < -0.4 is 5.32 Å². The van der Waals surface area contributed by atoms with Gasteiger partial charge in [0, 0.05) is 6.04 Å². The Morgan fingerprint density at radius 1 is 1.21 bits per heavy atom. The third kappa shape index (κ3) is 4.43. The Morgan fingerprint density at radius 3 is 2.57 bits per heavy atom. The third-order valence-electron chi connectivity index (χ3n) is 3.24. The molecule has 1 rings (SSSR count). The molecule has 1 aliphatic rings.